The molecule has 0 aromatic heterocycles. The Balaban J connectivity index is 0.00000144. The molecular weight excluding hydrogens is 340 g/mol. The first-order chi connectivity index (χ1) is 7.70. The van der Waals surface area contributed by atoms with Crippen molar-refractivity contribution in [2.75, 3.05) is 11.5 Å². The molecule has 0 aliphatic carbocycles. The van der Waals surface area contributed by atoms with Crippen molar-refractivity contribution >= 4 is 17.2 Å². The van der Waals surface area contributed by atoms with Gasteiger partial charge in [0, 0.05) is 52.9 Å². The van der Waals surface area contributed by atoms with Gasteiger partial charge in [0.15, 0.2) is 5.78 Å². The standard InChI is InChI=1S/C13H12N2O.Ce/c14-11-8-4-7-10(12(11)15)13(16)9-5-2-1-3-6-9;/h1-8H,14-15H2;. The van der Waals surface area contributed by atoms with Gasteiger partial charge in [0.2, 0.25) is 0 Å². The molecule has 84 valence electrons. The first kappa shape index (κ1) is 14.1. The van der Waals surface area contributed by atoms with Gasteiger partial charge >= 0.3 is 0 Å². The van der Waals surface area contributed by atoms with Crippen LogP contribution in [0.15, 0.2) is 48.5 Å². The molecule has 4 N–H and O–H groups in total. The van der Waals surface area contributed by atoms with Crippen LogP contribution in [-0.2, 0) is 0 Å². The third-order valence-electron chi connectivity index (χ3n) is 2.42. The smallest absolute Gasteiger partial charge is 0.195 e. The summed E-state index contributed by atoms with van der Waals surface area (Å²) in [6, 6.07) is 14.1. The van der Waals surface area contributed by atoms with Gasteiger partial charge in [0.05, 0.1) is 11.4 Å². The number of ketones is 1. The van der Waals surface area contributed by atoms with Crippen molar-refractivity contribution in [3.05, 3.63) is 59.7 Å². The summed E-state index contributed by atoms with van der Waals surface area (Å²) in [4.78, 5) is 12.1. The molecular formula is C13H12CeN2O. The number of benzene rings is 2. The molecule has 0 aliphatic heterocycles. The molecule has 2 aromatic carbocycles. The molecule has 0 saturated carbocycles. The molecule has 0 atom stereocenters. The van der Waals surface area contributed by atoms with E-state index in [0.29, 0.717) is 22.5 Å². The minimum absolute atomic E-state index is 0. The number of nitrogens with two attached hydrogens (primary N) is 2. The van der Waals surface area contributed by atoms with E-state index in [1.54, 1.807) is 30.3 Å². The Morgan fingerprint density at radius 3 is 2.18 bits per heavy atom. The molecule has 2 aromatic rings. The third-order valence-corrected chi connectivity index (χ3v) is 2.42. The van der Waals surface area contributed by atoms with Gasteiger partial charge in [-0.1, -0.05) is 36.4 Å². The Morgan fingerprint density at radius 1 is 0.882 bits per heavy atom. The monoisotopic (exact) mass is 352 g/mol. The predicted molar refractivity (Wildman–Crippen MR) is 65.1 cm³/mol. The second-order valence-corrected chi connectivity index (χ2v) is 3.50. The van der Waals surface area contributed by atoms with Gasteiger partial charge in [-0.05, 0) is 12.1 Å². The molecule has 0 amide bonds. The fourth-order valence-corrected chi connectivity index (χ4v) is 1.53. The fraction of sp³-hybridized carbons (Fsp3) is 0. The van der Waals surface area contributed by atoms with E-state index < -0.39 is 0 Å². The average Bonchev–Trinajstić information content (AvgIpc) is 2.33. The molecule has 2 rings (SSSR count). The van der Waals surface area contributed by atoms with E-state index in [1.165, 1.54) is 0 Å². The van der Waals surface area contributed by atoms with E-state index in [-0.39, 0.29) is 47.5 Å². The Bertz CT molecular complexity index is 526. The molecule has 0 fully saturated rings. The number of anilines is 2. The summed E-state index contributed by atoms with van der Waals surface area (Å²) in [5.41, 5.74) is 13.3. The molecule has 0 heterocycles. The van der Waals surface area contributed by atoms with Gasteiger partial charge in [-0.3, -0.25) is 4.79 Å². The molecule has 0 spiro atoms. The normalized spacial score (nSPS) is 9.41. The van der Waals surface area contributed by atoms with E-state index in [2.05, 4.69) is 0 Å². The Labute approximate surface area is 134 Å². The minimum Gasteiger partial charge on any atom is -0.397 e. The van der Waals surface area contributed by atoms with Crippen LogP contribution in [0.4, 0.5) is 11.4 Å². The van der Waals surface area contributed by atoms with Gasteiger partial charge in [-0.25, -0.2) is 0 Å². The molecule has 3 nitrogen and oxygen atoms in total. The van der Waals surface area contributed by atoms with Crippen LogP contribution in [0, 0.1) is 41.7 Å². The zero-order chi connectivity index (χ0) is 11.5. The zero-order valence-corrected chi connectivity index (χ0v) is 12.3. The van der Waals surface area contributed by atoms with Crippen LogP contribution in [0.1, 0.15) is 15.9 Å². The number of nitrogen functional groups attached to an aromatic ring is 2. The maximum Gasteiger partial charge on any atom is 0.195 e. The van der Waals surface area contributed by atoms with Crippen LogP contribution in [0.25, 0.3) is 0 Å². The van der Waals surface area contributed by atoms with Crippen LogP contribution >= 0.6 is 0 Å². The Morgan fingerprint density at radius 2 is 1.53 bits per heavy atom. The number of para-hydroxylation sites is 1. The molecule has 17 heavy (non-hydrogen) atoms. The Hall–Kier alpha value is -0.913. The second-order valence-electron chi connectivity index (χ2n) is 3.50. The summed E-state index contributed by atoms with van der Waals surface area (Å²) < 4.78 is 0. The van der Waals surface area contributed by atoms with Gasteiger partial charge in [0.1, 0.15) is 0 Å². The summed E-state index contributed by atoms with van der Waals surface area (Å²) in [5.74, 6) is -0.106. The third kappa shape index (κ3) is 3.05. The zero-order valence-electron chi connectivity index (χ0n) is 9.18. The van der Waals surface area contributed by atoms with Crippen LogP contribution in [0.3, 0.4) is 0 Å². The number of carbonyl (C=O) groups excluding carboxylic acids is 1. The first-order valence-corrected chi connectivity index (χ1v) is 4.94. The van der Waals surface area contributed by atoms with E-state index in [9.17, 15) is 4.79 Å². The molecule has 0 saturated heterocycles. The van der Waals surface area contributed by atoms with Gasteiger partial charge < -0.3 is 11.5 Å². The van der Waals surface area contributed by atoms with E-state index in [1.807, 2.05) is 18.2 Å². The van der Waals surface area contributed by atoms with Crippen molar-refractivity contribution in [1.29, 1.82) is 0 Å². The predicted octanol–water partition coefficient (Wildman–Crippen LogP) is 2.08. The maximum absolute atomic E-state index is 12.1. The van der Waals surface area contributed by atoms with Gasteiger partial charge in [-0.2, -0.15) is 0 Å². The van der Waals surface area contributed by atoms with Crippen LogP contribution in [-0.4, -0.2) is 5.78 Å². The summed E-state index contributed by atoms with van der Waals surface area (Å²) in [6.07, 6.45) is 0. The van der Waals surface area contributed by atoms with Crippen molar-refractivity contribution in [2.45, 2.75) is 0 Å². The Kier molecular flexibility index (Phi) is 5.11. The molecule has 0 aliphatic rings. The number of rotatable bonds is 2. The van der Waals surface area contributed by atoms with Crippen molar-refractivity contribution in [3.8, 4) is 0 Å². The topological polar surface area (TPSA) is 69.1 Å². The summed E-state index contributed by atoms with van der Waals surface area (Å²) >= 11 is 0. The second kappa shape index (κ2) is 6.14. The summed E-state index contributed by atoms with van der Waals surface area (Å²) in [7, 11) is 0. The number of carbonyl (C=O) groups is 1. The largest absolute Gasteiger partial charge is 0.397 e. The number of hydrogen-bond donors (Lipinski definition) is 2. The average molecular weight is 352 g/mol. The first-order valence-electron chi connectivity index (χ1n) is 4.94. The van der Waals surface area contributed by atoms with Crippen molar-refractivity contribution < 1.29 is 46.5 Å². The van der Waals surface area contributed by atoms with Gasteiger partial charge in [0.25, 0.3) is 0 Å². The van der Waals surface area contributed by atoms with E-state index in [0.717, 1.165) is 0 Å². The van der Waals surface area contributed by atoms with Crippen molar-refractivity contribution in [3.63, 3.8) is 0 Å². The van der Waals surface area contributed by atoms with Crippen LogP contribution in [0.5, 0.6) is 0 Å². The van der Waals surface area contributed by atoms with Crippen LogP contribution < -0.4 is 11.5 Å². The van der Waals surface area contributed by atoms with Crippen molar-refractivity contribution in [2.24, 2.45) is 0 Å². The minimum atomic E-state index is -0.106. The molecule has 4 heteroatoms. The van der Waals surface area contributed by atoms with Crippen LogP contribution in [0.2, 0.25) is 0 Å². The van der Waals surface area contributed by atoms with Gasteiger partial charge in [-0.15, -0.1) is 0 Å². The maximum atomic E-state index is 12.1. The fourth-order valence-electron chi connectivity index (χ4n) is 1.53. The van der Waals surface area contributed by atoms with E-state index in [4.69, 9.17) is 11.5 Å². The SMILES string of the molecule is Nc1cccc(C(=O)c2ccccc2)c1N.[Ce]. The quantitative estimate of drug-likeness (QED) is 0.642. The molecule has 0 radical (unpaired) electrons. The summed E-state index contributed by atoms with van der Waals surface area (Å²) in [5, 5.41) is 0. The number of hydrogen-bond acceptors (Lipinski definition) is 3. The molecule has 0 unspecified atom stereocenters. The molecule has 0 bridgehead atoms. The van der Waals surface area contributed by atoms with E-state index >= 15 is 0 Å². The van der Waals surface area contributed by atoms with Crippen molar-refractivity contribution in [1.82, 2.24) is 0 Å². The summed E-state index contributed by atoms with van der Waals surface area (Å²) in [6.45, 7) is 0.